The van der Waals surface area contributed by atoms with E-state index in [0.717, 1.165) is 31.5 Å². The number of hydrogen-bond acceptors (Lipinski definition) is 4. The van der Waals surface area contributed by atoms with E-state index in [0.29, 0.717) is 4.88 Å². The lowest BCUT2D eigenvalue weighted by molar-refractivity contribution is 0.0611. The largest absolute Gasteiger partial charge is 0.329 e. The van der Waals surface area contributed by atoms with Gasteiger partial charge in [0.15, 0.2) is 0 Å². The van der Waals surface area contributed by atoms with Gasteiger partial charge < -0.3 is 4.90 Å². The molecule has 0 aliphatic carbocycles. The van der Waals surface area contributed by atoms with Crippen molar-refractivity contribution in [2.75, 3.05) is 6.54 Å². The van der Waals surface area contributed by atoms with Crippen LogP contribution < -0.4 is 0 Å². The molecule has 1 aliphatic heterocycles. The number of thiazole rings is 1. The van der Waals surface area contributed by atoms with E-state index in [9.17, 15) is 4.79 Å². The van der Waals surface area contributed by atoms with Crippen LogP contribution in [-0.4, -0.2) is 32.5 Å². The minimum Gasteiger partial charge on any atom is -0.329 e. The number of amides is 1. The summed E-state index contributed by atoms with van der Waals surface area (Å²) in [6.07, 6.45) is 6.59. The molecule has 0 radical (unpaired) electrons. The maximum absolute atomic E-state index is 12.4. The summed E-state index contributed by atoms with van der Waals surface area (Å²) in [4.78, 5) is 19.0. The lowest BCUT2D eigenvalue weighted by Crippen LogP contribution is -2.38. The van der Waals surface area contributed by atoms with E-state index in [1.54, 1.807) is 17.9 Å². The van der Waals surface area contributed by atoms with Gasteiger partial charge in [-0.15, -0.1) is 11.3 Å². The Morgan fingerprint density at radius 3 is 3.17 bits per heavy atom. The number of carbonyl (C=O) groups excluding carboxylic acids is 1. The van der Waals surface area contributed by atoms with Crippen LogP contribution in [0.3, 0.4) is 0 Å². The molecule has 1 saturated heterocycles. The molecule has 0 spiro atoms. The highest BCUT2D eigenvalue weighted by molar-refractivity contribution is 7.11. The van der Waals surface area contributed by atoms with Gasteiger partial charge in [-0.25, -0.2) is 0 Å². The molecule has 5 nitrogen and oxygen atoms in total. The van der Waals surface area contributed by atoms with Gasteiger partial charge in [-0.05, 0) is 25.3 Å². The van der Waals surface area contributed by atoms with Crippen LogP contribution in [0.4, 0.5) is 0 Å². The SMILES string of the molecule is O=C(c1cncs1)N1CCCC[C@H]1c1ccn[nH]1. The zero-order chi connectivity index (χ0) is 12.4. The van der Waals surface area contributed by atoms with Crippen molar-refractivity contribution in [3.05, 3.63) is 34.5 Å². The van der Waals surface area contributed by atoms with E-state index in [2.05, 4.69) is 15.2 Å². The van der Waals surface area contributed by atoms with Crippen LogP contribution in [-0.2, 0) is 0 Å². The number of nitrogens with zero attached hydrogens (tertiary/aromatic N) is 3. The number of aromatic nitrogens is 3. The monoisotopic (exact) mass is 262 g/mol. The van der Waals surface area contributed by atoms with Gasteiger partial charge in [0.05, 0.1) is 23.4 Å². The first-order valence-electron chi connectivity index (χ1n) is 6.05. The van der Waals surface area contributed by atoms with Crippen molar-refractivity contribution >= 4 is 17.2 Å². The first-order chi connectivity index (χ1) is 8.86. The average Bonchev–Trinajstić information content (AvgIpc) is 3.11. The predicted octanol–water partition coefficient (Wildman–Crippen LogP) is 2.23. The summed E-state index contributed by atoms with van der Waals surface area (Å²) in [6.45, 7) is 0.806. The third kappa shape index (κ3) is 2.03. The average molecular weight is 262 g/mol. The molecule has 0 saturated carbocycles. The number of nitrogens with one attached hydrogen (secondary N) is 1. The van der Waals surface area contributed by atoms with Gasteiger partial charge in [0.2, 0.25) is 0 Å². The lowest BCUT2D eigenvalue weighted by Gasteiger charge is -2.34. The normalized spacial score (nSPS) is 20.0. The Labute approximate surface area is 109 Å². The van der Waals surface area contributed by atoms with Crippen LogP contribution in [0.5, 0.6) is 0 Å². The minimum atomic E-state index is 0.0804. The molecule has 3 rings (SSSR count). The fourth-order valence-electron chi connectivity index (χ4n) is 2.41. The van der Waals surface area contributed by atoms with E-state index in [4.69, 9.17) is 0 Å². The van der Waals surface area contributed by atoms with Gasteiger partial charge in [0.25, 0.3) is 5.91 Å². The fraction of sp³-hybridized carbons (Fsp3) is 0.417. The van der Waals surface area contributed by atoms with Crippen molar-refractivity contribution in [2.45, 2.75) is 25.3 Å². The Hall–Kier alpha value is -1.69. The van der Waals surface area contributed by atoms with Crippen LogP contribution in [0.25, 0.3) is 0 Å². The Balaban J connectivity index is 1.86. The number of H-pyrrole nitrogens is 1. The molecule has 0 aromatic carbocycles. The molecule has 0 bridgehead atoms. The number of piperidine rings is 1. The topological polar surface area (TPSA) is 61.9 Å². The molecule has 1 N–H and O–H groups in total. The highest BCUT2D eigenvalue weighted by Gasteiger charge is 2.29. The second kappa shape index (κ2) is 4.89. The van der Waals surface area contributed by atoms with E-state index in [1.165, 1.54) is 11.3 Å². The van der Waals surface area contributed by atoms with Gasteiger partial charge in [-0.2, -0.15) is 5.10 Å². The molecule has 1 aliphatic rings. The highest BCUT2D eigenvalue weighted by Crippen LogP contribution is 2.31. The molecule has 0 unspecified atom stereocenters. The molecule has 1 atom stereocenters. The van der Waals surface area contributed by atoms with Crippen molar-refractivity contribution in [3.63, 3.8) is 0 Å². The summed E-state index contributed by atoms with van der Waals surface area (Å²) >= 11 is 1.40. The second-order valence-electron chi connectivity index (χ2n) is 4.39. The molecule has 6 heteroatoms. The van der Waals surface area contributed by atoms with Gasteiger partial charge in [-0.1, -0.05) is 0 Å². The van der Waals surface area contributed by atoms with Crippen LogP contribution >= 0.6 is 11.3 Å². The third-order valence-electron chi connectivity index (χ3n) is 3.29. The Morgan fingerprint density at radius 2 is 2.44 bits per heavy atom. The van der Waals surface area contributed by atoms with Crippen LogP contribution in [0.2, 0.25) is 0 Å². The maximum atomic E-state index is 12.4. The van der Waals surface area contributed by atoms with Gasteiger partial charge >= 0.3 is 0 Å². The number of likely N-dealkylation sites (tertiary alicyclic amines) is 1. The predicted molar refractivity (Wildman–Crippen MR) is 68.3 cm³/mol. The van der Waals surface area contributed by atoms with Gasteiger partial charge in [-0.3, -0.25) is 14.9 Å². The first kappa shape index (κ1) is 11.4. The molecule has 18 heavy (non-hydrogen) atoms. The van der Waals surface area contributed by atoms with E-state index >= 15 is 0 Å². The van der Waals surface area contributed by atoms with E-state index < -0.39 is 0 Å². The zero-order valence-corrected chi connectivity index (χ0v) is 10.7. The quantitative estimate of drug-likeness (QED) is 0.902. The second-order valence-corrected chi connectivity index (χ2v) is 5.27. The zero-order valence-electron chi connectivity index (χ0n) is 9.87. The molecular weight excluding hydrogens is 248 g/mol. The maximum Gasteiger partial charge on any atom is 0.266 e. The summed E-state index contributed by atoms with van der Waals surface area (Å²) in [7, 11) is 0. The molecule has 2 aromatic rings. The molecule has 94 valence electrons. The summed E-state index contributed by atoms with van der Waals surface area (Å²) in [5.41, 5.74) is 2.72. The summed E-state index contributed by atoms with van der Waals surface area (Å²) in [5, 5.41) is 6.96. The smallest absolute Gasteiger partial charge is 0.266 e. The first-order valence-corrected chi connectivity index (χ1v) is 6.93. The molecule has 2 aromatic heterocycles. The molecule has 1 amide bonds. The van der Waals surface area contributed by atoms with E-state index in [1.807, 2.05) is 11.0 Å². The van der Waals surface area contributed by atoms with Crippen LogP contribution in [0, 0.1) is 0 Å². The highest BCUT2D eigenvalue weighted by atomic mass is 32.1. The number of carbonyl (C=O) groups is 1. The Morgan fingerprint density at radius 1 is 1.50 bits per heavy atom. The Bertz CT molecular complexity index is 508. The standard InChI is InChI=1S/C12H14N4OS/c17-12(11-7-13-8-18-11)16-6-2-1-3-10(16)9-4-5-14-15-9/h4-5,7-8,10H,1-3,6H2,(H,14,15)/t10-/m0/s1. The summed E-state index contributed by atoms with van der Waals surface area (Å²) in [6, 6.07) is 2.07. The van der Waals surface area contributed by atoms with Crippen molar-refractivity contribution in [1.29, 1.82) is 0 Å². The lowest BCUT2D eigenvalue weighted by atomic mass is 9.99. The minimum absolute atomic E-state index is 0.0804. The van der Waals surface area contributed by atoms with Crippen molar-refractivity contribution in [2.24, 2.45) is 0 Å². The fourth-order valence-corrected chi connectivity index (χ4v) is 2.99. The van der Waals surface area contributed by atoms with Crippen LogP contribution in [0.15, 0.2) is 24.0 Å². The number of rotatable bonds is 2. The number of hydrogen-bond donors (Lipinski definition) is 1. The molecule has 1 fully saturated rings. The van der Waals surface area contributed by atoms with Crippen molar-refractivity contribution < 1.29 is 4.79 Å². The van der Waals surface area contributed by atoms with Crippen molar-refractivity contribution in [3.8, 4) is 0 Å². The van der Waals surface area contributed by atoms with Crippen LogP contribution in [0.1, 0.15) is 40.7 Å². The summed E-state index contributed by atoms with van der Waals surface area (Å²) in [5.74, 6) is 0.0804. The molecule has 3 heterocycles. The molecular formula is C12H14N4OS. The Kier molecular flexibility index (Phi) is 3.10. The van der Waals surface area contributed by atoms with E-state index in [-0.39, 0.29) is 11.9 Å². The van der Waals surface area contributed by atoms with Gasteiger partial charge in [0, 0.05) is 12.7 Å². The summed E-state index contributed by atoms with van der Waals surface area (Å²) < 4.78 is 0. The number of aromatic amines is 1. The van der Waals surface area contributed by atoms with Crippen molar-refractivity contribution in [1.82, 2.24) is 20.1 Å². The third-order valence-corrected chi connectivity index (χ3v) is 4.05. The van der Waals surface area contributed by atoms with Gasteiger partial charge in [0.1, 0.15) is 4.88 Å².